The van der Waals surface area contributed by atoms with Crippen molar-refractivity contribution in [1.82, 2.24) is 19.5 Å². The maximum Gasteiger partial charge on any atom is 0.184 e. The molecule has 0 aromatic carbocycles. The van der Waals surface area contributed by atoms with Gasteiger partial charge in [0.05, 0.1) is 19.0 Å². The van der Waals surface area contributed by atoms with Gasteiger partial charge in [-0.25, -0.2) is 15.0 Å². The summed E-state index contributed by atoms with van der Waals surface area (Å²) in [6, 6.07) is 0. The monoisotopic (exact) mass is 395 g/mol. The van der Waals surface area contributed by atoms with E-state index in [-0.39, 0.29) is 18.4 Å². The van der Waals surface area contributed by atoms with Gasteiger partial charge in [0.2, 0.25) is 0 Å². The summed E-state index contributed by atoms with van der Waals surface area (Å²) in [5, 5.41) is 0. The third-order valence-corrected chi connectivity index (χ3v) is 6.11. The van der Waals surface area contributed by atoms with E-state index in [1.165, 1.54) is 6.33 Å². The van der Waals surface area contributed by atoms with E-state index in [0.29, 0.717) is 23.6 Å². The highest BCUT2D eigenvalue weighted by molar-refractivity contribution is 6.70. The molecule has 3 unspecified atom stereocenters. The van der Waals surface area contributed by atoms with E-state index in [0.717, 1.165) is 6.42 Å². The molecule has 2 aromatic heterocycles. The minimum absolute atomic E-state index is 0.000323. The van der Waals surface area contributed by atoms with Crippen LogP contribution in [0.25, 0.3) is 11.2 Å². The number of fused-ring (bicyclic) bond motifs is 1. The smallest absolute Gasteiger partial charge is 0.184 e. The largest absolute Gasteiger partial charge is 0.415 e. The van der Waals surface area contributed by atoms with Crippen LogP contribution < -0.4 is 5.73 Å². The lowest BCUT2D eigenvalue weighted by atomic mass is 10.2. The second-order valence-electron chi connectivity index (χ2n) is 8.64. The molecule has 144 valence electrons. The number of anilines is 1. The first-order valence-corrected chi connectivity index (χ1v) is 15.8. The predicted octanol–water partition coefficient (Wildman–Crippen LogP) is 2.77. The van der Waals surface area contributed by atoms with Crippen molar-refractivity contribution >= 4 is 33.6 Å². The molecule has 0 saturated carbocycles. The summed E-state index contributed by atoms with van der Waals surface area (Å²) in [6.07, 6.45) is 3.60. The maximum absolute atomic E-state index is 6.40. The van der Waals surface area contributed by atoms with Crippen molar-refractivity contribution in [2.24, 2.45) is 0 Å². The molecule has 0 amide bonds. The summed E-state index contributed by atoms with van der Waals surface area (Å²) >= 11 is 0. The second-order valence-corrected chi connectivity index (χ2v) is 17.6. The van der Waals surface area contributed by atoms with Crippen molar-refractivity contribution in [3.63, 3.8) is 0 Å². The van der Waals surface area contributed by atoms with E-state index in [9.17, 15) is 0 Å². The zero-order valence-electron chi connectivity index (χ0n) is 16.4. The van der Waals surface area contributed by atoms with Gasteiger partial charge < -0.3 is 19.3 Å². The Kier molecular flexibility index (Phi) is 5.23. The highest BCUT2D eigenvalue weighted by atomic mass is 28.4. The van der Waals surface area contributed by atoms with Crippen LogP contribution in [-0.2, 0) is 13.6 Å². The van der Waals surface area contributed by atoms with Gasteiger partial charge in [-0.3, -0.25) is 4.57 Å². The second kappa shape index (κ2) is 7.00. The normalized spacial score (nSPS) is 24.5. The third-order valence-electron chi connectivity index (χ3n) is 4.06. The SMILES string of the molecule is C[Si](C)(C)OCC1OC(n2cnc3c(N)ncnc32)CC1O[Si](C)(C)C. The van der Waals surface area contributed by atoms with Gasteiger partial charge in [-0.2, -0.15) is 0 Å². The van der Waals surface area contributed by atoms with Crippen molar-refractivity contribution in [3.05, 3.63) is 12.7 Å². The third kappa shape index (κ3) is 4.49. The van der Waals surface area contributed by atoms with Crippen LogP contribution >= 0.6 is 0 Å². The van der Waals surface area contributed by atoms with Gasteiger partial charge in [0.25, 0.3) is 0 Å². The van der Waals surface area contributed by atoms with E-state index in [1.54, 1.807) is 6.33 Å². The molecule has 2 N–H and O–H groups in total. The van der Waals surface area contributed by atoms with Gasteiger partial charge >= 0.3 is 0 Å². The van der Waals surface area contributed by atoms with Crippen LogP contribution in [0.5, 0.6) is 0 Å². The fourth-order valence-electron chi connectivity index (χ4n) is 3.01. The lowest BCUT2D eigenvalue weighted by molar-refractivity contribution is -0.0367. The first-order valence-electron chi connectivity index (χ1n) is 8.94. The van der Waals surface area contributed by atoms with Gasteiger partial charge in [-0.15, -0.1) is 0 Å². The van der Waals surface area contributed by atoms with Crippen LogP contribution in [0.3, 0.4) is 0 Å². The Bertz CT molecular complexity index is 771. The Balaban J connectivity index is 1.83. The fraction of sp³-hybridized carbons (Fsp3) is 0.688. The number of nitrogen functional groups attached to an aromatic ring is 1. The zero-order chi connectivity index (χ0) is 19.1. The van der Waals surface area contributed by atoms with E-state index >= 15 is 0 Å². The van der Waals surface area contributed by atoms with Gasteiger partial charge in [0.15, 0.2) is 28.1 Å². The highest BCUT2D eigenvalue weighted by Crippen LogP contribution is 2.34. The molecule has 0 aliphatic carbocycles. The van der Waals surface area contributed by atoms with Crippen molar-refractivity contribution in [2.45, 2.75) is 64.1 Å². The van der Waals surface area contributed by atoms with Crippen molar-refractivity contribution < 1.29 is 13.6 Å². The Morgan fingerprint density at radius 1 is 1.15 bits per heavy atom. The average molecular weight is 396 g/mol. The summed E-state index contributed by atoms with van der Waals surface area (Å²) in [5.74, 6) is 0.375. The summed E-state index contributed by atoms with van der Waals surface area (Å²) in [7, 11) is -3.34. The molecule has 0 spiro atoms. The molecule has 3 heterocycles. The molecule has 0 radical (unpaired) electrons. The molecule has 3 atom stereocenters. The Morgan fingerprint density at radius 2 is 1.88 bits per heavy atom. The van der Waals surface area contributed by atoms with E-state index in [2.05, 4.69) is 54.2 Å². The number of rotatable bonds is 6. The van der Waals surface area contributed by atoms with Crippen molar-refractivity contribution in [2.75, 3.05) is 12.3 Å². The number of aromatic nitrogens is 4. The quantitative estimate of drug-likeness (QED) is 0.751. The molecule has 26 heavy (non-hydrogen) atoms. The van der Waals surface area contributed by atoms with Gasteiger partial charge in [-0.05, 0) is 39.3 Å². The van der Waals surface area contributed by atoms with Crippen LogP contribution in [0.4, 0.5) is 5.82 Å². The van der Waals surface area contributed by atoms with Crippen molar-refractivity contribution in [3.8, 4) is 0 Å². The topological polar surface area (TPSA) is 97.3 Å². The lowest BCUT2D eigenvalue weighted by Gasteiger charge is -2.28. The molecule has 1 fully saturated rings. The molecule has 2 aromatic rings. The first kappa shape index (κ1) is 19.4. The maximum atomic E-state index is 6.40. The minimum atomic E-state index is -1.71. The fourth-order valence-corrected chi connectivity index (χ4v) is 4.83. The van der Waals surface area contributed by atoms with Crippen LogP contribution in [0.15, 0.2) is 12.7 Å². The van der Waals surface area contributed by atoms with Crippen LogP contribution in [-0.4, -0.2) is 55.0 Å². The number of nitrogens with zero attached hydrogens (tertiary/aromatic N) is 4. The molecule has 3 rings (SSSR count). The Morgan fingerprint density at radius 3 is 2.54 bits per heavy atom. The number of hydrogen-bond acceptors (Lipinski definition) is 7. The molecular weight excluding hydrogens is 366 g/mol. The molecular formula is C16H29N5O3Si2. The van der Waals surface area contributed by atoms with Gasteiger partial charge in [0.1, 0.15) is 24.2 Å². The van der Waals surface area contributed by atoms with Crippen LogP contribution in [0, 0.1) is 0 Å². The summed E-state index contributed by atoms with van der Waals surface area (Å²) in [6.45, 7) is 13.7. The van der Waals surface area contributed by atoms with Gasteiger partial charge in [-0.1, -0.05) is 0 Å². The first-order chi connectivity index (χ1) is 12.0. The molecule has 1 aliphatic rings. The highest BCUT2D eigenvalue weighted by Gasteiger charge is 2.40. The van der Waals surface area contributed by atoms with Gasteiger partial charge in [0, 0.05) is 6.42 Å². The number of ether oxygens (including phenoxy) is 1. The number of imidazole rings is 1. The molecule has 10 heteroatoms. The van der Waals surface area contributed by atoms with Crippen molar-refractivity contribution in [1.29, 1.82) is 0 Å². The number of hydrogen-bond donors (Lipinski definition) is 1. The summed E-state index contributed by atoms with van der Waals surface area (Å²) < 4.78 is 20.8. The standard InChI is InChI=1S/C16H29N5O3Si2/c1-25(2,3)22-8-12-11(24-26(4,5)6)7-13(23-12)21-10-20-14-15(17)18-9-19-16(14)21/h9-13H,7-8H2,1-6H3,(H2,17,18,19). The van der Waals surface area contributed by atoms with Crippen LogP contribution in [0.2, 0.25) is 39.3 Å². The molecule has 1 saturated heterocycles. The minimum Gasteiger partial charge on any atom is -0.415 e. The number of nitrogens with two attached hydrogens (primary N) is 1. The van der Waals surface area contributed by atoms with E-state index in [1.807, 2.05) is 4.57 Å². The predicted molar refractivity (Wildman–Crippen MR) is 106 cm³/mol. The zero-order valence-corrected chi connectivity index (χ0v) is 18.4. The average Bonchev–Trinajstić information content (AvgIpc) is 3.07. The van der Waals surface area contributed by atoms with E-state index < -0.39 is 16.6 Å². The Hall–Kier alpha value is -1.34. The summed E-state index contributed by atoms with van der Waals surface area (Å²) in [5.41, 5.74) is 7.18. The molecule has 1 aliphatic heterocycles. The molecule has 0 bridgehead atoms. The van der Waals surface area contributed by atoms with Crippen LogP contribution in [0.1, 0.15) is 12.6 Å². The molecule has 8 nitrogen and oxygen atoms in total. The summed E-state index contributed by atoms with van der Waals surface area (Å²) in [4.78, 5) is 12.7. The van der Waals surface area contributed by atoms with E-state index in [4.69, 9.17) is 19.3 Å². The lowest BCUT2D eigenvalue weighted by Crippen LogP contribution is -2.40. The Labute approximate surface area is 156 Å².